The summed E-state index contributed by atoms with van der Waals surface area (Å²) in [5, 5.41) is 4.37. The molecule has 0 aliphatic carbocycles. The summed E-state index contributed by atoms with van der Waals surface area (Å²) < 4.78 is 0. The standard InChI is InChI=1S/C15H20Cl2N2O.ClH/c1-2-19(15(20)12-5-7-18-8-6-12)10-11-3-4-13(16)14(17)9-11;/h3-4,9,12,18H,2,5-8,10H2,1H3;1H. The third-order valence-corrected chi connectivity index (χ3v) is 4.48. The van der Waals surface area contributed by atoms with Gasteiger partial charge in [0.1, 0.15) is 0 Å². The van der Waals surface area contributed by atoms with Gasteiger partial charge in [-0.15, -0.1) is 12.4 Å². The molecule has 1 aromatic rings. The summed E-state index contributed by atoms with van der Waals surface area (Å²) in [6.07, 6.45) is 1.85. The second-order valence-corrected chi connectivity index (χ2v) is 5.94. The molecule has 0 atom stereocenters. The Morgan fingerprint density at radius 1 is 1.29 bits per heavy atom. The summed E-state index contributed by atoms with van der Waals surface area (Å²) >= 11 is 11.9. The number of halogens is 3. The molecule has 0 unspecified atom stereocenters. The van der Waals surface area contributed by atoms with E-state index in [1.165, 1.54) is 0 Å². The van der Waals surface area contributed by atoms with Crippen molar-refractivity contribution in [3.8, 4) is 0 Å². The van der Waals surface area contributed by atoms with Crippen LogP contribution < -0.4 is 5.32 Å². The molecule has 1 heterocycles. The lowest BCUT2D eigenvalue weighted by Gasteiger charge is -2.29. The van der Waals surface area contributed by atoms with Crippen LogP contribution in [0.4, 0.5) is 0 Å². The molecule has 6 heteroatoms. The Morgan fingerprint density at radius 2 is 1.95 bits per heavy atom. The maximum Gasteiger partial charge on any atom is 0.226 e. The van der Waals surface area contributed by atoms with Gasteiger partial charge in [0.15, 0.2) is 0 Å². The van der Waals surface area contributed by atoms with Gasteiger partial charge in [-0.3, -0.25) is 4.79 Å². The fraction of sp³-hybridized carbons (Fsp3) is 0.533. The van der Waals surface area contributed by atoms with Gasteiger partial charge in [0, 0.05) is 19.0 Å². The van der Waals surface area contributed by atoms with Crippen molar-refractivity contribution in [3.05, 3.63) is 33.8 Å². The maximum atomic E-state index is 12.5. The Labute approximate surface area is 142 Å². The molecule has 2 rings (SSSR count). The van der Waals surface area contributed by atoms with Gasteiger partial charge in [0.2, 0.25) is 5.91 Å². The van der Waals surface area contributed by atoms with E-state index < -0.39 is 0 Å². The molecule has 21 heavy (non-hydrogen) atoms. The molecule has 0 saturated carbocycles. The van der Waals surface area contributed by atoms with E-state index >= 15 is 0 Å². The van der Waals surface area contributed by atoms with Crippen LogP contribution >= 0.6 is 35.6 Å². The third kappa shape index (κ3) is 5.03. The van der Waals surface area contributed by atoms with Gasteiger partial charge < -0.3 is 10.2 Å². The molecule has 0 radical (unpaired) electrons. The number of nitrogens with zero attached hydrogens (tertiary/aromatic N) is 1. The number of rotatable bonds is 4. The van der Waals surface area contributed by atoms with Crippen LogP contribution in [0.2, 0.25) is 10.0 Å². The van der Waals surface area contributed by atoms with Crippen molar-refractivity contribution >= 4 is 41.5 Å². The Bertz CT molecular complexity index is 476. The maximum absolute atomic E-state index is 12.5. The van der Waals surface area contributed by atoms with Crippen LogP contribution in [0, 0.1) is 5.92 Å². The minimum Gasteiger partial charge on any atom is -0.338 e. The second-order valence-electron chi connectivity index (χ2n) is 5.13. The zero-order valence-electron chi connectivity index (χ0n) is 12.1. The molecule has 1 aliphatic heterocycles. The van der Waals surface area contributed by atoms with E-state index in [1.54, 1.807) is 6.07 Å². The number of benzene rings is 1. The number of carbonyl (C=O) groups is 1. The first kappa shape index (κ1) is 18.6. The third-order valence-electron chi connectivity index (χ3n) is 3.74. The summed E-state index contributed by atoms with van der Waals surface area (Å²) in [5.41, 5.74) is 1.02. The fourth-order valence-corrected chi connectivity index (χ4v) is 2.85. The van der Waals surface area contributed by atoms with Gasteiger partial charge in [0.25, 0.3) is 0 Å². The van der Waals surface area contributed by atoms with E-state index in [1.807, 2.05) is 24.0 Å². The molecule has 1 saturated heterocycles. The number of hydrogen-bond donors (Lipinski definition) is 1. The lowest BCUT2D eigenvalue weighted by Crippen LogP contribution is -2.40. The van der Waals surface area contributed by atoms with Gasteiger partial charge >= 0.3 is 0 Å². The van der Waals surface area contributed by atoms with E-state index in [0.29, 0.717) is 23.1 Å². The Balaban J connectivity index is 0.00000220. The molecule has 3 nitrogen and oxygen atoms in total. The number of hydrogen-bond acceptors (Lipinski definition) is 2. The van der Waals surface area contributed by atoms with E-state index in [2.05, 4.69) is 5.32 Å². The van der Waals surface area contributed by atoms with Crippen molar-refractivity contribution in [1.82, 2.24) is 10.2 Å². The molecule has 0 spiro atoms. The fourth-order valence-electron chi connectivity index (χ4n) is 2.53. The Hall–Kier alpha value is -0.480. The minimum absolute atomic E-state index is 0. The van der Waals surface area contributed by atoms with Crippen LogP contribution in [0.25, 0.3) is 0 Å². The first-order chi connectivity index (χ1) is 9.61. The molecule has 118 valence electrons. The van der Waals surface area contributed by atoms with Crippen molar-refractivity contribution in [2.24, 2.45) is 5.92 Å². The summed E-state index contributed by atoms with van der Waals surface area (Å²) in [6.45, 7) is 5.18. The largest absolute Gasteiger partial charge is 0.338 e. The molecule has 1 aliphatic rings. The lowest BCUT2D eigenvalue weighted by molar-refractivity contribution is -0.136. The average molecular weight is 352 g/mol. The number of amides is 1. The van der Waals surface area contributed by atoms with E-state index in [0.717, 1.165) is 31.5 Å². The molecule has 0 bridgehead atoms. The molecule has 1 fully saturated rings. The van der Waals surface area contributed by atoms with Gasteiger partial charge in [-0.2, -0.15) is 0 Å². The summed E-state index contributed by atoms with van der Waals surface area (Å²) in [5.74, 6) is 0.402. The molecular formula is C15H21Cl3N2O. The van der Waals surface area contributed by atoms with Crippen LogP contribution in [-0.4, -0.2) is 30.4 Å². The highest BCUT2D eigenvalue weighted by atomic mass is 35.5. The molecule has 0 aromatic heterocycles. The quantitative estimate of drug-likeness (QED) is 0.895. The molecule has 1 aromatic carbocycles. The normalized spacial score (nSPS) is 15.4. The number of nitrogens with one attached hydrogen (secondary N) is 1. The van der Waals surface area contributed by atoms with Crippen molar-refractivity contribution in [3.63, 3.8) is 0 Å². The molecule has 1 amide bonds. The second kappa shape index (κ2) is 8.84. The molecule has 1 N–H and O–H groups in total. The number of carbonyl (C=O) groups excluding carboxylic acids is 1. The van der Waals surface area contributed by atoms with Gasteiger partial charge in [0.05, 0.1) is 10.0 Å². The Kier molecular flexibility index (Phi) is 7.82. The zero-order valence-corrected chi connectivity index (χ0v) is 14.4. The monoisotopic (exact) mass is 350 g/mol. The first-order valence-electron chi connectivity index (χ1n) is 7.05. The highest BCUT2D eigenvalue weighted by molar-refractivity contribution is 6.42. The van der Waals surface area contributed by atoms with E-state index in [4.69, 9.17) is 23.2 Å². The van der Waals surface area contributed by atoms with Crippen molar-refractivity contribution < 1.29 is 4.79 Å². The van der Waals surface area contributed by atoms with Crippen LogP contribution in [0.3, 0.4) is 0 Å². The van der Waals surface area contributed by atoms with Gasteiger partial charge in [-0.05, 0) is 50.6 Å². The SMILES string of the molecule is CCN(Cc1ccc(Cl)c(Cl)c1)C(=O)C1CCNCC1.Cl. The van der Waals surface area contributed by atoms with E-state index in [-0.39, 0.29) is 24.2 Å². The highest BCUT2D eigenvalue weighted by Gasteiger charge is 2.25. The topological polar surface area (TPSA) is 32.3 Å². The van der Waals surface area contributed by atoms with Gasteiger partial charge in [-0.25, -0.2) is 0 Å². The predicted molar refractivity (Wildman–Crippen MR) is 90.4 cm³/mol. The highest BCUT2D eigenvalue weighted by Crippen LogP contribution is 2.24. The minimum atomic E-state index is 0. The first-order valence-corrected chi connectivity index (χ1v) is 7.81. The van der Waals surface area contributed by atoms with E-state index in [9.17, 15) is 4.79 Å². The zero-order chi connectivity index (χ0) is 14.5. The summed E-state index contributed by atoms with van der Waals surface area (Å²) in [7, 11) is 0. The molecular weight excluding hydrogens is 331 g/mol. The lowest BCUT2D eigenvalue weighted by atomic mass is 9.96. The van der Waals surface area contributed by atoms with Crippen molar-refractivity contribution in [1.29, 1.82) is 0 Å². The van der Waals surface area contributed by atoms with Crippen LogP contribution in [-0.2, 0) is 11.3 Å². The average Bonchev–Trinajstić information content (AvgIpc) is 2.48. The summed E-state index contributed by atoms with van der Waals surface area (Å²) in [4.78, 5) is 14.4. The Morgan fingerprint density at radius 3 is 2.52 bits per heavy atom. The van der Waals surface area contributed by atoms with Crippen molar-refractivity contribution in [2.45, 2.75) is 26.3 Å². The van der Waals surface area contributed by atoms with Crippen LogP contribution in [0.1, 0.15) is 25.3 Å². The summed E-state index contributed by atoms with van der Waals surface area (Å²) in [6, 6.07) is 5.54. The van der Waals surface area contributed by atoms with Gasteiger partial charge in [-0.1, -0.05) is 29.3 Å². The number of piperidine rings is 1. The van der Waals surface area contributed by atoms with Crippen LogP contribution in [0.15, 0.2) is 18.2 Å². The van der Waals surface area contributed by atoms with Crippen LogP contribution in [0.5, 0.6) is 0 Å². The van der Waals surface area contributed by atoms with Crippen molar-refractivity contribution in [2.75, 3.05) is 19.6 Å². The smallest absolute Gasteiger partial charge is 0.226 e. The predicted octanol–water partition coefficient (Wildman–Crippen LogP) is 3.76.